The van der Waals surface area contributed by atoms with Gasteiger partial charge in [-0.05, 0) is 36.8 Å². The highest BCUT2D eigenvalue weighted by Crippen LogP contribution is 2.28. The van der Waals surface area contributed by atoms with Crippen LogP contribution in [-0.2, 0) is 6.42 Å². The van der Waals surface area contributed by atoms with Gasteiger partial charge in [0.05, 0.1) is 4.88 Å². The summed E-state index contributed by atoms with van der Waals surface area (Å²) >= 11 is 5.16. The van der Waals surface area contributed by atoms with Crippen LogP contribution in [0.4, 0.5) is 0 Å². The summed E-state index contributed by atoms with van der Waals surface area (Å²) in [4.78, 5) is 14.1. The van der Waals surface area contributed by atoms with Crippen molar-refractivity contribution in [2.75, 3.05) is 11.9 Å². The lowest BCUT2D eigenvalue weighted by atomic mass is 9.84. The van der Waals surface area contributed by atoms with Crippen LogP contribution < -0.4 is 5.32 Å². The van der Waals surface area contributed by atoms with Gasteiger partial charge in [-0.1, -0.05) is 36.7 Å². The molecule has 0 aromatic carbocycles. The Bertz CT molecular complexity index is 377. The second-order valence-electron chi connectivity index (χ2n) is 4.64. The molecule has 1 aromatic rings. The summed E-state index contributed by atoms with van der Waals surface area (Å²) in [6, 6.07) is 3.96. The molecule has 0 unspecified atom stereocenters. The van der Waals surface area contributed by atoms with Crippen LogP contribution in [0.3, 0.4) is 0 Å². The van der Waals surface area contributed by atoms with Crippen LogP contribution in [0.5, 0.6) is 0 Å². The molecule has 4 heteroatoms. The second kappa shape index (κ2) is 7.29. The molecular weight excluding hydrogens is 310 g/mol. The number of carbonyl (C=O) groups excluding carboxylic acids is 1. The van der Waals surface area contributed by atoms with Gasteiger partial charge in [-0.2, -0.15) is 0 Å². The molecule has 0 aliphatic carbocycles. The lowest BCUT2D eigenvalue weighted by Crippen LogP contribution is -2.37. The van der Waals surface area contributed by atoms with E-state index >= 15 is 0 Å². The number of thiophene rings is 1. The van der Waals surface area contributed by atoms with Crippen LogP contribution in [0.15, 0.2) is 12.1 Å². The van der Waals surface area contributed by atoms with Crippen molar-refractivity contribution >= 4 is 33.2 Å². The minimum Gasteiger partial charge on any atom is -0.351 e. The van der Waals surface area contributed by atoms with Gasteiger partial charge < -0.3 is 5.32 Å². The highest BCUT2D eigenvalue weighted by atomic mass is 79.9. The molecule has 2 nitrogen and oxygen atoms in total. The van der Waals surface area contributed by atoms with Crippen LogP contribution in [-0.4, -0.2) is 17.8 Å². The molecule has 0 bridgehead atoms. The second-order valence-corrected chi connectivity index (χ2v) is 6.37. The predicted octanol–water partition coefficient (Wildman–Crippen LogP) is 4.24. The quantitative estimate of drug-likeness (QED) is 0.744. The number of hydrogen-bond acceptors (Lipinski definition) is 2. The van der Waals surface area contributed by atoms with Crippen molar-refractivity contribution in [3.63, 3.8) is 0 Å². The van der Waals surface area contributed by atoms with Crippen LogP contribution >= 0.6 is 27.3 Å². The van der Waals surface area contributed by atoms with Gasteiger partial charge in [0, 0.05) is 16.8 Å². The Morgan fingerprint density at radius 3 is 2.44 bits per heavy atom. The highest BCUT2D eigenvalue weighted by Gasteiger charge is 2.25. The van der Waals surface area contributed by atoms with E-state index in [0.717, 1.165) is 36.0 Å². The smallest absolute Gasteiger partial charge is 0.261 e. The fourth-order valence-corrected chi connectivity index (χ4v) is 3.64. The molecule has 0 atom stereocenters. The van der Waals surface area contributed by atoms with Gasteiger partial charge in [-0.15, -0.1) is 11.3 Å². The molecule has 1 heterocycles. The van der Waals surface area contributed by atoms with Crippen molar-refractivity contribution in [3.8, 4) is 0 Å². The zero-order valence-corrected chi connectivity index (χ0v) is 13.8. The fourth-order valence-electron chi connectivity index (χ4n) is 1.78. The molecule has 0 radical (unpaired) electrons. The summed E-state index contributed by atoms with van der Waals surface area (Å²) in [5, 5.41) is 4.00. The van der Waals surface area contributed by atoms with Gasteiger partial charge in [0.2, 0.25) is 0 Å². The molecule has 1 amide bonds. The Kier molecular flexibility index (Phi) is 6.36. The first-order valence-electron chi connectivity index (χ1n) is 6.53. The van der Waals surface area contributed by atoms with Gasteiger partial charge in [0.15, 0.2) is 0 Å². The van der Waals surface area contributed by atoms with Gasteiger partial charge in [0.1, 0.15) is 0 Å². The average molecular weight is 332 g/mol. The van der Waals surface area contributed by atoms with Crippen molar-refractivity contribution in [2.45, 2.75) is 40.0 Å². The standard InChI is InChI=1S/C14H22BrNOS/c1-4-11-7-8-12(18-11)13(17)16-10-14(5-2,6-3)9-15/h7-8H,4-6,9-10H2,1-3H3,(H,16,17). The van der Waals surface area contributed by atoms with E-state index in [1.165, 1.54) is 4.88 Å². The molecule has 0 fully saturated rings. The molecule has 18 heavy (non-hydrogen) atoms. The Balaban J connectivity index is 2.59. The summed E-state index contributed by atoms with van der Waals surface area (Å²) in [6.07, 6.45) is 3.13. The maximum absolute atomic E-state index is 12.1. The maximum Gasteiger partial charge on any atom is 0.261 e. The lowest BCUT2D eigenvalue weighted by Gasteiger charge is -2.29. The number of hydrogen-bond donors (Lipinski definition) is 1. The van der Waals surface area contributed by atoms with E-state index in [1.807, 2.05) is 12.1 Å². The first-order chi connectivity index (χ1) is 8.60. The van der Waals surface area contributed by atoms with Gasteiger partial charge in [0.25, 0.3) is 5.91 Å². The van der Waals surface area contributed by atoms with E-state index in [2.05, 4.69) is 42.0 Å². The number of carbonyl (C=O) groups is 1. The van der Waals surface area contributed by atoms with Crippen LogP contribution in [0, 0.1) is 5.41 Å². The molecule has 0 saturated heterocycles. The van der Waals surface area contributed by atoms with Gasteiger partial charge >= 0.3 is 0 Å². The fraction of sp³-hybridized carbons (Fsp3) is 0.643. The Morgan fingerprint density at radius 2 is 2.00 bits per heavy atom. The van der Waals surface area contributed by atoms with E-state index in [-0.39, 0.29) is 11.3 Å². The predicted molar refractivity (Wildman–Crippen MR) is 82.8 cm³/mol. The molecule has 1 aromatic heterocycles. The SMILES string of the molecule is CCc1ccc(C(=O)NCC(CC)(CC)CBr)s1. The molecule has 0 aliphatic heterocycles. The molecular formula is C14H22BrNOS. The molecule has 0 spiro atoms. The summed E-state index contributed by atoms with van der Waals surface area (Å²) in [5.74, 6) is 0.0620. The van der Waals surface area contributed by atoms with Crippen LogP contribution in [0.25, 0.3) is 0 Å². The number of aryl methyl sites for hydroxylation is 1. The molecule has 0 aliphatic rings. The number of alkyl halides is 1. The Hall–Kier alpha value is -0.350. The molecule has 102 valence electrons. The summed E-state index contributed by atoms with van der Waals surface area (Å²) in [6.45, 7) is 7.20. The average Bonchev–Trinajstić information content (AvgIpc) is 2.89. The first-order valence-corrected chi connectivity index (χ1v) is 8.47. The normalized spacial score (nSPS) is 11.6. The van der Waals surface area contributed by atoms with E-state index in [4.69, 9.17) is 0 Å². The monoisotopic (exact) mass is 331 g/mol. The van der Waals surface area contributed by atoms with Gasteiger partial charge in [-0.25, -0.2) is 0 Å². The van der Waals surface area contributed by atoms with Gasteiger partial charge in [-0.3, -0.25) is 4.79 Å². The van der Waals surface area contributed by atoms with Crippen molar-refractivity contribution in [1.29, 1.82) is 0 Å². The summed E-state index contributed by atoms with van der Waals surface area (Å²) in [7, 11) is 0. The summed E-state index contributed by atoms with van der Waals surface area (Å²) in [5.41, 5.74) is 0.181. The van der Waals surface area contributed by atoms with Crippen LogP contribution in [0.1, 0.15) is 48.2 Å². The number of rotatable bonds is 7. The minimum atomic E-state index is 0.0620. The Labute approximate surface area is 122 Å². The maximum atomic E-state index is 12.1. The molecule has 1 N–H and O–H groups in total. The van der Waals surface area contributed by atoms with E-state index < -0.39 is 0 Å². The zero-order valence-electron chi connectivity index (χ0n) is 11.4. The lowest BCUT2D eigenvalue weighted by molar-refractivity contribution is 0.0936. The Morgan fingerprint density at radius 1 is 1.33 bits per heavy atom. The number of halogens is 1. The third-order valence-electron chi connectivity index (χ3n) is 3.64. The third-order valence-corrected chi connectivity index (χ3v) is 6.06. The largest absolute Gasteiger partial charge is 0.351 e. The summed E-state index contributed by atoms with van der Waals surface area (Å²) < 4.78 is 0. The van der Waals surface area contributed by atoms with Crippen molar-refractivity contribution in [2.24, 2.45) is 5.41 Å². The minimum absolute atomic E-state index is 0.0620. The topological polar surface area (TPSA) is 29.1 Å². The number of nitrogens with one attached hydrogen (secondary N) is 1. The highest BCUT2D eigenvalue weighted by molar-refractivity contribution is 9.09. The van der Waals surface area contributed by atoms with Crippen molar-refractivity contribution in [3.05, 3.63) is 21.9 Å². The number of amides is 1. The third kappa shape index (κ3) is 3.82. The van der Waals surface area contributed by atoms with E-state index in [9.17, 15) is 4.79 Å². The molecule has 0 saturated carbocycles. The first kappa shape index (κ1) is 15.7. The van der Waals surface area contributed by atoms with Crippen LogP contribution in [0.2, 0.25) is 0 Å². The van der Waals surface area contributed by atoms with Crippen molar-refractivity contribution < 1.29 is 4.79 Å². The van der Waals surface area contributed by atoms with E-state index in [0.29, 0.717) is 0 Å². The van der Waals surface area contributed by atoms with E-state index in [1.54, 1.807) is 11.3 Å². The van der Waals surface area contributed by atoms with Crippen molar-refractivity contribution in [1.82, 2.24) is 5.32 Å². The zero-order chi connectivity index (χ0) is 13.6. The molecule has 1 rings (SSSR count).